The van der Waals surface area contributed by atoms with Crippen LogP contribution in [0, 0.1) is 0 Å². The standard InChI is InChI=1S/C8H22N2O2Si/c1-5-8(9,10-6-2)7-13(11-3)12-4/h10,13H,5-7,9H2,1-4H3. The Balaban J connectivity index is 4.07. The second-order valence-corrected chi connectivity index (χ2v) is 5.36. The van der Waals surface area contributed by atoms with Gasteiger partial charge < -0.3 is 14.6 Å². The summed E-state index contributed by atoms with van der Waals surface area (Å²) in [6, 6.07) is 0.796. The second-order valence-electron chi connectivity index (χ2n) is 3.15. The number of nitrogens with one attached hydrogen (secondary N) is 1. The van der Waals surface area contributed by atoms with Gasteiger partial charge in [0.15, 0.2) is 0 Å². The molecule has 1 unspecified atom stereocenters. The Bertz CT molecular complexity index is 133. The molecule has 0 radical (unpaired) electrons. The number of rotatable bonds is 7. The Hall–Kier alpha value is 0.0569. The highest BCUT2D eigenvalue weighted by Gasteiger charge is 2.27. The van der Waals surface area contributed by atoms with Crippen molar-refractivity contribution < 1.29 is 8.85 Å². The van der Waals surface area contributed by atoms with Gasteiger partial charge in [-0.3, -0.25) is 5.32 Å². The molecule has 0 aliphatic heterocycles. The smallest absolute Gasteiger partial charge is 0.324 e. The van der Waals surface area contributed by atoms with Gasteiger partial charge in [-0.2, -0.15) is 0 Å². The molecule has 1 atom stereocenters. The van der Waals surface area contributed by atoms with E-state index in [0.29, 0.717) is 0 Å². The molecule has 0 amide bonds. The van der Waals surface area contributed by atoms with Crippen molar-refractivity contribution >= 4 is 9.28 Å². The van der Waals surface area contributed by atoms with Gasteiger partial charge in [-0.15, -0.1) is 0 Å². The van der Waals surface area contributed by atoms with Crippen molar-refractivity contribution in [3.63, 3.8) is 0 Å². The first kappa shape index (κ1) is 13.1. The molecule has 3 N–H and O–H groups in total. The van der Waals surface area contributed by atoms with Gasteiger partial charge in [0.1, 0.15) is 0 Å². The minimum Gasteiger partial charge on any atom is -0.400 e. The Kier molecular flexibility index (Phi) is 6.53. The Morgan fingerprint density at radius 3 is 2.15 bits per heavy atom. The van der Waals surface area contributed by atoms with Crippen LogP contribution in [0.2, 0.25) is 6.04 Å². The topological polar surface area (TPSA) is 56.5 Å². The minimum absolute atomic E-state index is 0.322. The summed E-state index contributed by atoms with van der Waals surface area (Å²) in [4.78, 5) is 0. The van der Waals surface area contributed by atoms with Crippen LogP contribution in [0.25, 0.3) is 0 Å². The maximum atomic E-state index is 6.12. The fraction of sp³-hybridized carbons (Fsp3) is 1.00. The molecule has 0 saturated heterocycles. The molecule has 5 heteroatoms. The maximum Gasteiger partial charge on any atom is 0.324 e. The van der Waals surface area contributed by atoms with E-state index >= 15 is 0 Å². The van der Waals surface area contributed by atoms with Gasteiger partial charge in [0.05, 0.1) is 5.66 Å². The molecular formula is C8H22N2O2Si. The number of nitrogens with two attached hydrogens (primary N) is 1. The molecule has 0 fully saturated rings. The molecule has 80 valence electrons. The zero-order valence-electron chi connectivity index (χ0n) is 9.09. The van der Waals surface area contributed by atoms with E-state index in [0.717, 1.165) is 19.0 Å². The fourth-order valence-electron chi connectivity index (χ4n) is 1.25. The third-order valence-electron chi connectivity index (χ3n) is 2.22. The predicted molar refractivity (Wildman–Crippen MR) is 56.9 cm³/mol. The molecule has 13 heavy (non-hydrogen) atoms. The lowest BCUT2D eigenvalue weighted by molar-refractivity contribution is 0.250. The lowest BCUT2D eigenvalue weighted by atomic mass is 10.1. The summed E-state index contributed by atoms with van der Waals surface area (Å²) in [6.07, 6.45) is 0.886. The minimum atomic E-state index is -1.55. The van der Waals surface area contributed by atoms with Crippen LogP contribution < -0.4 is 11.1 Å². The van der Waals surface area contributed by atoms with Crippen molar-refractivity contribution in [3.05, 3.63) is 0 Å². The Labute approximate surface area is 82.6 Å². The van der Waals surface area contributed by atoms with Crippen LogP contribution in [0.3, 0.4) is 0 Å². The Morgan fingerprint density at radius 1 is 1.31 bits per heavy atom. The normalized spacial score (nSPS) is 16.2. The molecule has 0 saturated carbocycles. The lowest BCUT2D eigenvalue weighted by Gasteiger charge is -2.31. The van der Waals surface area contributed by atoms with Crippen LogP contribution in [-0.4, -0.2) is 35.7 Å². The Morgan fingerprint density at radius 2 is 1.85 bits per heavy atom. The van der Waals surface area contributed by atoms with Gasteiger partial charge in [-0.1, -0.05) is 13.8 Å². The van der Waals surface area contributed by atoms with Gasteiger partial charge >= 0.3 is 9.28 Å². The van der Waals surface area contributed by atoms with E-state index in [9.17, 15) is 0 Å². The summed E-state index contributed by atoms with van der Waals surface area (Å²) in [5.74, 6) is 0. The molecule has 4 nitrogen and oxygen atoms in total. The monoisotopic (exact) mass is 206 g/mol. The first-order chi connectivity index (χ1) is 6.11. The highest BCUT2D eigenvalue weighted by molar-refractivity contribution is 6.44. The van der Waals surface area contributed by atoms with Crippen LogP contribution in [-0.2, 0) is 8.85 Å². The summed E-state index contributed by atoms with van der Waals surface area (Å²) in [6.45, 7) is 4.99. The third kappa shape index (κ3) is 4.73. The molecule has 0 rings (SSSR count). The molecule has 0 aliphatic carbocycles. The predicted octanol–water partition coefficient (Wildman–Crippen LogP) is 0.174. The first-order valence-electron chi connectivity index (χ1n) is 4.71. The second kappa shape index (κ2) is 6.50. The van der Waals surface area contributed by atoms with Crippen LogP contribution >= 0.6 is 0 Å². The zero-order chi connectivity index (χ0) is 10.3. The molecule has 0 spiro atoms. The lowest BCUT2D eigenvalue weighted by Crippen LogP contribution is -2.55. The van der Waals surface area contributed by atoms with Crippen LogP contribution in [0.15, 0.2) is 0 Å². The van der Waals surface area contributed by atoms with Crippen LogP contribution in [0.1, 0.15) is 20.3 Å². The van der Waals surface area contributed by atoms with E-state index in [4.69, 9.17) is 14.6 Å². The van der Waals surface area contributed by atoms with E-state index in [1.165, 1.54) is 0 Å². The highest BCUT2D eigenvalue weighted by atomic mass is 28.3. The molecule has 0 aromatic carbocycles. The van der Waals surface area contributed by atoms with Gasteiger partial charge in [0.2, 0.25) is 0 Å². The van der Waals surface area contributed by atoms with E-state index in [1.807, 2.05) is 6.92 Å². The summed E-state index contributed by atoms with van der Waals surface area (Å²) in [5, 5.41) is 3.26. The number of hydrogen-bond donors (Lipinski definition) is 2. The fourth-order valence-corrected chi connectivity index (χ4v) is 2.81. The summed E-state index contributed by atoms with van der Waals surface area (Å²) in [7, 11) is 1.81. The SMILES string of the molecule is CCNC(N)(CC)C[SiH](OC)OC. The van der Waals surface area contributed by atoms with E-state index < -0.39 is 9.28 Å². The van der Waals surface area contributed by atoms with Crippen molar-refractivity contribution in [1.82, 2.24) is 5.32 Å². The summed E-state index contributed by atoms with van der Waals surface area (Å²) >= 11 is 0. The third-order valence-corrected chi connectivity index (χ3v) is 4.33. The molecule has 0 bridgehead atoms. The van der Waals surface area contributed by atoms with Gasteiger partial charge in [0.25, 0.3) is 0 Å². The van der Waals surface area contributed by atoms with Gasteiger partial charge in [-0.05, 0) is 13.0 Å². The van der Waals surface area contributed by atoms with Crippen molar-refractivity contribution in [3.8, 4) is 0 Å². The average Bonchev–Trinajstić information content (AvgIpc) is 2.15. The van der Waals surface area contributed by atoms with Crippen LogP contribution in [0.4, 0.5) is 0 Å². The van der Waals surface area contributed by atoms with E-state index in [1.54, 1.807) is 14.2 Å². The molecule has 0 aliphatic rings. The summed E-state index contributed by atoms with van der Waals surface area (Å²) in [5.41, 5.74) is 5.80. The van der Waals surface area contributed by atoms with Crippen LogP contribution in [0.5, 0.6) is 0 Å². The first-order valence-corrected chi connectivity index (χ1v) is 6.47. The van der Waals surface area contributed by atoms with Crippen molar-refractivity contribution in [1.29, 1.82) is 0 Å². The quantitative estimate of drug-likeness (QED) is 0.461. The maximum absolute atomic E-state index is 6.12. The van der Waals surface area contributed by atoms with E-state index in [-0.39, 0.29) is 5.66 Å². The molecular weight excluding hydrogens is 184 g/mol. The van der Waals surface area contributed by atoms with Crippen molar-refractivity contribution in [2.45, 2.75) is 32.0 Å². The zero-order valence-corrected chi connectivity index (χ0v) is 10.2. The highest BCUT2D eigenvalue weighted by Crippen LogP contribution is 2.12. The number of hydrogen-bond acceptors (Lipinski definition) is 4. The van der Waals surface area contributed by atoms with E-state index in [2.05, 4.69) is 12.2 Å². The van der Waals surface area contributed by atoms with Crippen molar-refractivity contribution in [2.24, 2.45) is 5.73 Å². The summed E-state index contributed by atoms with van der Waals surface area (Å²) < 4.78 is 10.5. The molecule has 0 heterocycles. The van der Waals surface area contributed by atoms with Crippen molar-refractivity contribution in [2.75, 3.05) is 20.8 Å². The van der Waals surface area contributed by atoms with Gasteiger partial charge in [-0.25, -0.2) is 0 Å². The largest absolute Gasteiger partial charge is 0.400 e. The molecule has 0 aromatic heterocycles. The molecule has 0 aromatic rings. The average molecular weight is 206 g/mol. The van der Waals surface area contributed by atoms with Gasteiger partial charge in [0, 0.05) is 20.3 Å².